The molecule has 1 aliphatic carbocycles. The Labute approximate surface area is 141 Å². The van der Waals surface area contributed by atoms with Crippen molar-refractivity contribution in [2.45, 2.75) is 18.3 Å². The van der Waals surface area contributed by atoms with Crippen molar-refractivity contribution in [1.82, 2.24) is 15.0 Å². The smallest absolute Gasteiger partial charge is 0.0930 e. The van der Waals surface area contributed by atoms with Crippen LogP contribution in [0.2, 0.25) is 0 Å². The summed E-state index contributed by atoms with van der Waals surface area (Å²) in [6.45, 7) is 0. The standard InChI is InChI=1S/C20H15N3.H2O/c1-2-9-20(14-15-7-12-21-13-8-15)16-5-3-10-22-18(16)19-17(20)6-4-11-23-19;/h1,3-8,10-13H,9,14H2;1H2. The Bertz CT molecular complexity index is 855. The van der Waals surface area contributed by atoms with Crippen molar-refractivity contribution < 1.29 is 5.48 Å². The van der Waals surface area contributed by atoms with Crippen LogP contribution in [-0.4, -0.2) is 20.4 Å². The number of aromatic nitrogens is 3. The van der Waals surface area contributed by atoms with Gasteiger partial charge in [-0.05, 0) is 47.4 Å². The molecule has 0 fully saturated rings. The van der Waals surface area contributed by atoms with Crippen LogP contribution in [0, 0.1) is 12.3 Å². The quantitative estimate of drug-likeness (QED) is 0.697. The summed E-state index contributed by atoms with van der Waals surface area (Å²) in [5, 5.41) is 0. The third-order valence-electron chi connectivity index (χ3n) is 4.53. The predicted octanol–water partition coefficient (Wildman–Crippen LogP) is 2.58. The molecule has 118 valence electrons. The second-order valence-corrected chi connectivity index (χ2v) is 5.79. The average Bonchev–Trinajstić information content (AvgIpc) is 2.88. The maximum atomic E-state index is 5.76. The number of rotatable bonds is 3. The summed E-state index contributed by atoms with van der Waals surface area (Å²) < 4.78 is 0. The molecule has 4 rings (SSSR count). The maximum absolute atomic E-state index is 5.76. The molecular weight excluding hydrogens is 298 g/mol. The van der Waals surface area contributed by atoms with Crippen molar-refractivity contribution in [3.8, 4) is 23.7 Å². The minimum atomic E-state index is -0.275. The molecule has 0 saturated carbocycles. The van der Waals surface area contributed by atoms with Crippen LogP contribution in [-0.2, 0) is 11.8 Å². The van der Waals surface area contributed by atoms with E-state index in [1.165, 1.54) is 16.7 Å². The highest BCUT2D eigenvalue weighted by molar-refractivity contribution is 5.75. The molecule has 2 N–H and O–H groups in total. The Kier molecular flexibility index (Phi) is 4.11. The van der Waals surface area contributed by atoms with Crippen LogP contribution in [0.4, 0.5) is 0 Å². The molecule has 4 heteroatoms. The van der Waals surface area contributed by atoms with E-state index in [1.54, 1.807) is 0 Å². The fourth-order valence-electron chi connectivity index (χ4n) is 3.57. The highest BCUT2D eigenvalue weighted by Gasteiger charge is 2.44. The fraction of sp³-hybridized carbons (Fsp3) is 0.150. The van der Waals surface area contributed by atoms with Crippen molar-refractivity contribution in [3.05, 3.63) is 77.9 Å². The highest BCUT2D eigenvalue weighted by atomic mass is 16.0. The van der Waals surface area contributed by atoms with E-state index in [0.29, 0.717) is 6.42 Å². The summed E-state index contributed by atoms with van der Waals surface area (Å²) in [6.07, 6.45) is 14.5. The summed E-state index contributed by atoms with van der Waals surface area (Å²) >= 11 is 0. The Hall–Kier alpha value is -3.03. The van der Waals surface area contributed by atoms with Crippen LogP contribution < -0.4 is 0 Å². The van der Waals surface area contributed by atoms with Crippen molar-refractivity contribution >= 4 is 0 Å². The van der Waals surface area contributed by atoms with Crippen molar-refractivity contribution in [2.75, 3.05) is 0 Å². The SMILES string of the molecule is C#CCC1(Cc2ccncc2)c2cccnc2-c2ncccc21.O. The van der Waals surface area contributed by atoms with E-state index in [2.05, 4.69) is 33.0 Å². The number of nitrogens with zero attached hydrogens (tertiary/aromatic N) is 3. The van der Waals surface area contributed by atoms with Gasteiger partial charge in [0.2, 0.25) is 0 Å². The molecule has 24 heavy (non-hydrogen) atoms. The molecule has 0 bridgehead atoms. The van der Waals surface area contributed by atoms with Gasteiger partial charge < -0.3 is 5.48 Å². The van der Waals surface area contributed by atoms with Crippen molar-refractivity contribution in [1.29, 1.82) is 0 Å². The Morgan fingerprint density at radius 2 is 1.46 bits per heavy atom. The minimum absolute atomic E-state index is 0. The first-order valence-corrected chi connectivity index (χ1v) is 7.59. The lowest BCUT2D eigenvalue weighted by atomic mass is 9.72. The van der Waals surface area contributed by atoms with Gasteiger partial charge in [0.15, 0.2) is 0 Å². The molecule has 0 saturated heterocycles. The van der Waals surface area contributed by atoms with Gasteiger partial charge in [0.1, 0.15) is 0 Å². The number of hydrogen-bond acceptors (Lipinski definition) is 3. The molecule has 4 nitrogen and oxygen atoms in total. The van der Waals surface area contributed by atoms with Crippen LogP contribution in [0.3, 0.4) is 0 Å². The topological polar surface area (TPSA) is 70.2 Å². The van der Waals surface area contributed by atoms with E-state index in [-0.39, 0.29) is 10.9 Å². The summed E-state index contributed by atoms with van der Waals surface area (Å²) in [5.74, 6) is 2.88. The molecule has 0 unspecified atom stereocenters. The Balaban J connectivity index is 0.00000169. The minimum Gasteiger partial charge on any atom is -0.412 e. The number of hydrogen-bond donors (Lipinski definition) is 0. The zero-order valence-corrected chi connectivity index (χ0v) is 13.1. The van der Waals surface area contributed by atoms with E-state index < -0.39 is 0 Å². The van der Waals surface area contributed by atoms with Gasteiger partial charge in [0, 0.05) is 36.6 Å². The molecule has 3 heterocycles. The molecule has 0 spiro atoms. The monoisotopic (exact) mass is 315 g/mol. The second-order valence-electron chi connectivity index (χ2n) is 5.79. The van der Waals surface area contributed by atoms with E-state index in [9.17, 15) is 0 Å². The summed E-state index contributed by atoms with van der Waals surface area (Å²) in [6, 6.07) is 12.3. The molecule has 3 aromatic heterocycles. The van der Waals surface area contributed by atoms with Crippen molar-refractivity contribution in [2.24, 2.45) is 0 Å². The largest absolute Gasteiger partial charge is 0.412 e. The van der Waals surface area contributed by atoms with Crippen LogP contribution in [0.15, 0.2) is 61.2 Å². The first-order chi connectivity index (χ1) is 11.3. The Morgan fingerprint density at radius 3 is 2.00 bits per heavy atom. The molecule has 0 atom stereocenters. The molecule has 3 aromatic rings. The lowest BCUT2D eigenvalue weighted by Gasteiger charge is -2.29. The normalized spacial score (nSPS) is 13.3. The first kappa shape index (κ1) is 15.9. The van der Waals surface area contributed by atoms with Crippen LogP contribution >= 0.6 is 0 Å². The summed E-state index contributed by atoms with van der Waals surface area (Å²) in [7, 11) is 0. The summed E-state index contributed by atoms with van der Waals surface area (Å²) in [5.41, 5.74) is 5.18. The molecule has 0 aliphatic heterocycles. The van der Waals surface area contributed by atoms with Gasteiger partial charge in [0.25, 0.3) is 0 Å². The lowest BCUT2D eigenvalue weighted by Crippen LogP contribution is -2.28. The average molecular weight is 315 g/mol. The van der Waals surface area contributed by atoms with Crippen LogP contribution in [0.5, 0.6) is 0 Å². The molecule has 0 aromatic carbocycles. The van der Waals surface area contributed by atoms with Gasteiger partial charge >= 0.3 is 0 Å². The predicted molar refractivity (Wildman–Crippen MR) is 93.3 cm³/mol. The van der Waals surface area contributed by atoms with E-state index >= 15 is 0 Å². The van der Waals surface area contributed by atoms with Gasteiger partial charge in [-0.3, -0.25) is 15.0 Å². The number of fused-ring (bicyclic) bond motifs is 3. The number of terminal acetylenes is 1. The van der Waals surface area contributed by atoms with Gasteiger partial charge in [-0.1, -0.05) is 12.1 Å². The summed E-state index contributed by atoms with van der Waals surface area (Å²) in [4.78, 5) is 13.3. The third-order valence-corrected chi connectivity index (χ3v) is 4.53. The fourth-order valence-corrected chi connectivity index (χ4v) is 3.57. The molecular formula is C20H17N3O. The van der Waals surface area contributed by atoms with Gasteiger partial charge in [-0.25, -0.2) is 0 Å². The van der Waals surface area contributed by atoms with Crippen LogP contribution in [0.25, 0.3) is 11.4 Å². The lowest BCUT2D eigenvalue weighted by molar-refractivity contribution is 0.537. The van der Waals surface area contributed by atoms with Gasteiger partial charge in [-0.2, -0.15) is 0 Å². The molecule has 0 radical (unpaired) electrons. The third kappa shape index (κ3) is 2.27. The maximum Gasteiger partial charge on any atom is 0.0930 e. The zero-order chi connectivity index (χ0) is 15.7. The Morgan fingerprint density at radius 1 is 0.875 bits per heavy atom. The first-order valence-electron chi connectivity index (χ1n) is 7.59. The molecule has 0 amide bonds. The van der Waals surface area contributed by atoms with E-state index in [1.807, 2.05) is 49.1 Å². The van der Waals surface area contributed by atoms with E-state index in [4.69, 9.17) is 6.42 Å². The zero-order valence-electron chi connectivity index (χ0n) is 13.1. The van der Waals surface area contributed by atoms with Gasteiger partial charge in [-0.15, -0.1) is 12.3 Å². The molecule has 1 aliphatic rings. The van der Waals surface area contributed by atoms with Crippen LogP contribution in [0.1, 0.15) is 23.1 Å². The highest BCUT2D eigenvalue weighted by Crippen LogP contribution is 2.50. The van der Waals surface area contributed by atoms with E-state index in [0.717, 1.165) is 17.8 Å². The number of pyridine rings is 3. The second kappa shape index (κ2) is 6.23. The van der Waals surface area contributed by atoms with Crippen molar-refractivity contribution in [3.63, 3.8) is 0 Å². The van der Waals surface area contributed by atoms with Gasteiger partial charge in [0.05, 0.1) is 11.4 Å².